The van der Waals surface area contributed by atoms with Crippen LogP contribution >= 0.6 is 0 Å². The van der Waals surface area contributed by atoms with Gasteiger partial charge in [0.1, 0.15) is 0 Å². The Balaban J connectivity index is 1.88. The molecule has 100 valence electrons. The Morgan fingerprint density at radius 1 is 1.06 bits per heavy atom. The summed E-state index contributed by atoms with van der Waals surface area (Å²) in [5.74, 6) is 2.00. The second-order valence-corrected chi connectivity index (χ2v) is 5.64. The van der Waals surface area contributed by atoms with E-state index in [0.29, 0.717) is 0 Å². The van der Waals surface area contributed by atoms with Crippen LogP contribution in [0.15, 0.2) is 12.7 Å². The third-order valence-corrected chi connectivity index (χ3v) is 4.24. The second kappa shape index (κ2) is 9.70. The summed E-state index contributed by atoms with van der Waals surface area (Å²) < 4.78 is 0. The average molecular weight is 237 g/mol. The molecule has 0 amide bonds. The maximum Gasteiger partial charge on any atom is -0.00205 e. The van der Waals surface area contributed by atoms with E-state index in [4.69, 9.17) is 0 Å². The van der Waals surface area contributed by atoms with Crippen molar-refractivity contribution in [3.05, 3.63) is 12.7 Å². The number of hydrogen-bond acceptors (Lipinski definition) is 1. The summed E-state index contributed by atoms with van der Waals surface area (Å²) in [5.41, 5.74) is 0. The molecule has 0 aliphatic heterocycles. The largest absolute Gasteiger partial charge is 0.316 e. The average Bonchev–Trinajstić information content (AvgIpc) is 2.38. The summed E-state index contributed by atoms with van der Waals surface area (Å²) in [6.45, 7) is 8.57. The van der Waals surface area contributed by atoms with E-state index in [0.717, 1.165) is 11.8 Å². The summed E-state index contributed by atoms with van der Waals surface area (Å²) in [5, 5.41) is 3.64. The molecular formula is C16H31N. The van der Waals surface area contributed by atoms with Gasteiger partial charge in [0, 0.05) is 0 Å². The van der Waals surface area contributed by atoms with Crippen LogP contribution in [-0.2, 0) is 0 Å². The third kappa shape index (κ3) is 6.88. The van der Waals surface area contributed by atoms with E-state index in [1.165, 1.54) is 70.9 Å². The molecule has 1 nitrogen and oxygen atoms in total. The molecule has 0 aromatic carbocycles. The van der Waals surface area contributed by atoms with E-state index in [1.54, 1.807) is 0 Å². The van der Waals surface area contributed by atoms with E-state index in [2.05, 4.69) is 18.8 Å². The number of allylic oxidation sites excluding steroid dienone is 1. The number of rotatable bonds is 9. The zero-order valence-corrected chi connectivity index (χ0v) is 11.7. The predicted octanol–water partition coefficient (Wildman–Crippen LogP) is 4.54. The smallest absolute Gasteiger partial charge is 0.00205 e. The van der Waals surface area contributed by atoms with E-state index >= 15 is 0 Å². The number of unbranched alkanes of at least 4 members (excludes halogenated alkanes) is 3. The van der Waals surface area contributed by atoms with Crippen molar-refractivity contribution in [3.63, 3.8) is 0 Å². The number of hydrogen-bond donors (Lipinski definition) is 1. The van der Waals surface area contributed by atoms with Gasteiger partial charge in [-0.05, 0) is 57.0 Å². The van der Waals surface area contributed by atoms with Crippen LogP contribution in [0.25, 0.3) is 0 Å². The highest BCUT2D eigenvalue weighted by molar-refractivity contribution is 4.73. The zero-order valence-electron chi connectivity index (χ0n) is 11.7. The number of nitrogens with one attached hydrogen (secondary N) is 1. The highest BCUT2D eigenvalue weighted by Gasteiger charge is 2.19. The topological polar surface area (TPSA) is 12.0 Å². The Morgan fingerprint density at radius 2 is 1.76 bits per heavy atom. The molecule has 0 radical (unpaired) electrons. The predicted molar refractivity (Wildman–Crippen MR) is 77.3 cm³/mol. The minimum atomic E-state index is 0.964. The van der Waals surface area contributed by atoms with Crippen molar-refractivity contribution in [2.24, 2.45) is 11.8 Å². The normalized spacial score (nSPS) is 24.8. The van der Waals surface area contributed by atoms with Crippen LogP contribution in [0.4, 0.5) is 0 Å². The van der Waals surface area contributed by atoms with Crippen LogP contribution in [-0.4, -0.2) is 13.1 Å². The Labute approximate surface area is 108 Å². The van der Waals surface area contributed by atoms with Gasteiger partial charge in [-0.1, -0.05) is 38.7 Å². The molecule has 1 saturated carbocycles. The van der Waals surface area contributed by atoms with Gasteiger partial charge < -0.3 is 5.32 Å². The van der Waals surface area contributed by atoms with Gasteiger partial charge in [-0.25, -0.2) is 0 Å². The Kier molecular flexibility index (Phi) is 8.42. The molecular weight excluding hydrogens is 206 g/mol. The van der Waals surface area contributed by atoms with Crippen LogP contribution in [0.5, 0.6) is 0 Å². The first-order valence-electron chi connectivity index (χ1n) is 7.68. The van der Waals surface area contributed by atoms with Gasteiger partial charge in [0.25, 0.3) is 0 Å². The van der Waals surface area contributed by atoms with Crippen LogP contribution in [0.2, 0.25) is 0 Å². The maximum atomic E-state index is 3.75. The van der Waals surface area contributed by atoms with Crippen molar-refractivity contribution in [2.45, 2.75) is 64.7 Å². The summed E-state index contributed by atoms with van der Waals surface area (Å²) in [4.78, 5) is 0. The maximum absolute atomic E-state index is 3.75. The van der Waals surface area contributed by atoms with Crippen LogP contribution in [0, 0.1) is 11.8 Å². The molecule has 1 aliphatic rings. The zero-order chi connectivity index (χ0) is 12.3. The fourth-order valence-electron chi connectivity index (χ4n) is 2.87. The highest BCUT2D eigenvalue weighted by atomic mass is 14.9. The lowest BCUT2D eigenvalue weighted by Crippen LogP contribution is -2.27. The Morgan fingerprint density at radius 3 is 2.41 bits per heavy atom. The Bertz CT molecular complexity index is 180. The van der Waals surface area contributed by atoms with E-state index in [9.17, 15) is 0 Å². The summed E-state index contributed by atoms with van der Waals surface area (Å²) in [7, 11) is 0. The highest BCUT2D eigenvalue weighted by Crippen LogP contribution is 2.29. The molecule has 0 bridgehead atoms. The van der Waals surface area contributed by atoms with Gasteiger partial charge in [0.2, 0.25) is 0 Å². The molecule has 1 aliphatic carbocycles. The lowest BCUT2D eigenvalue weighted by molar-refractivity contribution is 0.262. The van der Waals surface area contributed by atoms with E-state index in [-0.39, 0.29) is 0 Å². The van der Waals surface area contributed by atoms with E-state index in [1.807, 2.05) is 6.08 Å². The van der Waals surface area contributed by atoms with Gasteiger partial charge in [-0.3, -0.25) is 0 Å². The molecule has 1 rings (SSSR count). The standard InChI is InChI=1S/C16H31N/c1-3-5-6-7-8-13-17-14-16-11-9-15(4-2)10-12-16/h3,15-17H,1,4-14H2,2H3. The molecule has 0 heterocycles. The first-order chi connectivity index (χ1) is 8.36. The molecule has 0 spiro atoms. The summed E-state index contributed by atoms with van der Waals surface area (Å²) >= 11 is 0. The lowest BCUT2D eigenvalue weighted by atomic mass is 9.81. The SMILES string of the molecule is C=CCCCCCNCC1CCC(CC)CC1. The molecule has 0 atom stereocenters. The van der Waals surface area contributed by atoms with Crippen molar-refractivity contribution >= 4 is 0 Å². The molecule has 17 heavy (non-hydrogen) atoms. The first-order valence-corrected chi connectivity index (χ1v) is 7.68. The quantitative estimate of drug-likeness (QED) is 0.458. The van der Waals surface area contributed by atoms with Crippen molar-refractivity contribution in [3.8, 4) is 0 Å². The molecule has 0 aromatic rings. The van der Waals surface area contributed by atoms with Crippen LogP contribution in [0.1, 0.15) is 64.7 Å². The molecule has 0 unspecified atom stereocenters. The first kappa shape index (κ1) is 14.8. The fraction of sp³-hybridized carbons (Fsp3) is 0.875. The fourth-order valence-corrected chi connectivity index (χ4v) is 2.87. The summed E-state index contributed by atoms with van der Waals surface area (Å²) in [6, 6.07) is 0. The molecule has 1 N–H and O–H groups in total. The van der Waals surface area contributed by atoms with Gasteiger partial charge in [-0.15, -0.1) is 6.58 Å². The van der Waals surface area contributed by atoms with Crippen LogP contribution < -0.4 is 5.32 Å². The molecule has 1 heteroatoms. The van der Waals surface area contributed by atoms with E-state index < -0.39 is 0 Å². The minimum absolute atomic E-state index is 0.964. The van der Waals surface area contributed by atoms with Gasteiger partial charge >= 0.3 is 0 Å². The van der Waals surface area contributed by atoms with Gasteiger partial charge in [-0.2, -0.15) is 0 Å². The molecule has 0 saturated heterocycles. The monoisotopic (exact) mass is 237 g/mol. The van der Waals surface area contributed by atoms with Crippen molar-refractivity contribution in [1.82, 2.24) is 5.32 Å². The third-order valence-electron chi connectivity index (χ3n) is 4.24. The lowest BCUT2D eigenvalue weighted by Gasteiger charge is -2.27. The van der Waals surface area contributed by atoms with Crippen molar-refractivity contribution in [2.75, 3.05) is 13.1 Å². The molecule has 0 aromatic heterocycles. The van der Waals surface area contributed by atoms with Gasteiger partial charge in [0.15, 0.2) is 0 Å². The second-order valence-electron chi connectivity index (χ2n) is 5.64. The van der Waals surface area contributed by atoms with Crippen molar-refractivity contribution < 1.29 is 0 Å². The minimum Gasteiger partial charge on any atom is -0.316 e. The summed E-state index contributed by atoms with van der Waals surface area (Å²) in [6.07, 6.45) is 14.5. The van der Waals surface area contributed by atoms with Crippen LogP contribution in [0.3, 0.4) is 0 Å². The molecule has 1 fully saturated rings. The van der Waals surface area contributed by atoms with Gasteiger partial charge in [0.05, 0.1) is 0 Å². The van der Waals surface area contributed by atoms with Crippen molar-refractivity contribution in [1.29, 1.82) is 0 Å². The Hall–Kier alpha value is -0.300.